The third-order valence-corrected chi connectivity index (χ3v) is 4.43. The van der Waals surface area contributed by atoms with Crippen molar-refractivity contribution < 1.29 is 4.79 Å². The molecule has 1 aliphatic rings. The van der Waals surface area contributed by atoms with Crippen LogP contribution in [0.5, 0.6) is 0 Å². The van der Waals surface area contributed by atoms with E-state index < -0.39 is 0 Å². The molecule has 1 fully saturated rings. The lowest BCUT2D eigenvalue weighted by Crippen LogP contribution is -2.44. The maximum Gasteiger partial charge on any atom is 0.237 e. The molecular weight excluding hydrogens is 290 g/mol. The summed E-state index contributed by atoms with van der Waals surface area (Å²) in [6.07, 6.45) is 7.62. The molecular formula is C17H23N5O. The van der Waals surface area contributed by atoms with Crippen molar-refractivity contribution in [1.82, 2.24) is 25.0 Å². The van der Waals surface area contributed by atoms with Gasteiger partial charge in [0.2, 0.25) is 5.91 Å². The molecule has 1 aromatic heterocycles. The zero-order chi connectivity index (χ0) is 16.1. The molecule has 1 amide bonds. The lowest BCUT2D eigenvalue weighted by molar-refractivity contribution is -0.126. The minimum atomic E-state index is -0.0176. The molecule has 0 bridgehead atoms. The van der Waals surface area contributed by atoms with Crippen molar-refractivity contribution in [3.63, 3.8) is 0 Å². The standard InChI is InChI=1S/C17H23N5O/c1-21-10-6-2-3-9-16(21)17(23)19-11-14-7-4-5-8-15(14)22-13-18-12-20-22/h4-5,7-8,12-13,16H,2-3,6,9-11H2,1H3,(H,19,23)/t16-/m1/s1. The Balaban J connectivity index is 1.67. The molecule has 2 aromatic rings. The highest BCUT2D eigenvalue weighted by molar-refractivity contribution is 5.81. The quantitative estimate of drug-likeness (QED) is 0.934. The van der Waals surface area contributed by atoms with Crippen molar-refractivity contribution in [2.24, 2.45) is 0 Å². The van der Waals surface area contributed by atoms with Crippen molar-refractivity contribution in [2.45, 2.75) is 38.3 Å². The second kappa shape index (κ2) is 7.37. The predicted octanol–water partition coefficient (Wildman–Crippen LogP) is 1.76. The number of carbonyl (C=O) groups is 1. The number of hydrogen-bond donors (Lipinski definition) is 1. The fourth-order valence-electron chi connectivity index (χ4n) is 3.10. The molecule has 1 aromatic carbocycles. The van der Waals surface area contributed by atoms with E-state index >= 15 is 0 Å². The van der Waals surface area contributed by atoms with E-state index in [2.05, 4.69) is 20.3 Å². The van der Waals surface area contributed by atoms with Gasteiger partial charge in [0.25, 0.3) is 0 Å². The molecule has 1 saturated heterocycles. The van der Waals surface area contributed by atoms with E-state index in [1.54, 1.807) is 11.0 Å². The Hall–Kier alpha value is -2.21. The summed E-state index contributed by atoms with van der Waals surface area (Å²) in [5, 5.41) is 7.26. The summed E-state index contributed by atoms with van der Waals surface area (Å²) >= 11 is 0. The third kappa shape index (κ3) is 3.76. The van der Waals surface area contributed by atoms with Gasteiger partial charge in [-0.25, -0.2) is 9.67 Å². The molecule has 0 aliphatic carbocycles. The van der Waals surface area contributed by atoms with Gasteiger partial charge in [0.15, 0.2) is 0 Å². The maximum atomic E-state index is 12.5. The molecule has 1 N–H and O–H groups in total. The van der Waals surface area contributed by atoms with Gasteiger partial charge in [0.1, 0.15) is 12.7 Å². The molecule has 3 rings (SSSR count). The van der Waals surface area contributed by atoms with Crippen molar-refractivity contribution in [3.05, 3.63) is 42.5 Å². The Morgan fingerprint density at radius 1 is 1.30 bits per heavy atom. The van der Waals surface area contributed by atoms with E-state index in [0.717, 1.165) is 30.6 Å². The van der Waals surface area contributed by atoms with Gasteiger partial charge in [-0.3, -0.25) is 9.69 Å². The first kappa shape index (κ1) is 15.7. The largest absolute Gasteiger partial charge is 0.351 e. The summed E-state index contributed by atoms with van der Waals surface area (Å²) in [5.74, 6) is 0.114. The molecule has 2 heterocycles. The summed E-state index contributed by atoms with van der Waals surface area (Å²) < 4.78 is 1.72. The first-order valence-electron chi connectivity index (χ1n) is 8.16. The molecule has 0 saturated carbocycles. The van der Waals surface area contributed by atoms with E-state index in [1.807, 2.05) is 31.3 Å². The highest BCUT2D eigenvalue weighted by atomic mass is 16.2. The minimum Gasteiger partial charge on any atom is -0.351 e. The van der Waals surface area contributed by atoms with Crippen molar-refractivity contribution >= 4 is 5.91 Å². The van der Waals surface area contributed by atoms with Gasteiger partial charge >= 0.3 is 0 Å². The summed E-state index contributed by atoms with van der Waals surface area (Å²) in [4.78, 5) is 18.7. The first-order valence-corrected chi connectivity index (χ1v) is 8.16. The molecule has 0 spiro atoms. The minimum absolute atomic E-state index is 0.0176. The van der Waals surface area contributed by atoms with Crippen LogP contribution in [0.4, 0.5) is 0 Å². The number of nitrogens with one attached hydrogen (secondary N) is 1. The fraction of sp³-hybridized carbons (Fsp3) is 0.471. The van der Waals surface area contributed by atoms with E-state index in [0.29, 0.717) is 6.54 Å². The molecule has 6 nitrogen and oxygen atoms in total. The van der Waals surface area contributed by atoms with E-state index in [9.17, 15) is 4.79 Å². The number of likely N-dealkylation sites (tertiary alicyclic amines) is 1. The molecule has 6 heteroatoms. The topological polar surface area (TPSA) is 63.1 Å². The number of para-hydroxylation sites is 1. The number of hydrogen-bond acceptors (Lipinski definition) is 4. The van der Waals surface area contributed by atoms with Crippen LogP contribution >= 0.6 is 0 Å². The van der Waals surface area contributed by atoms with Gasteiger partial charge in [-0.05, 0) is 38.1 Å². The summed E-state index contributed by atoms with van der Waals surface area (Å²) in [6, 6.07) is 7.90. The fourth-order valence-corrected chi connectivity index (χ4v) is 3.10. The molecule has 0 unspecified atom stereocenters. The van der Waals surface area contributed by atoms with Gasteiger partial charge in [-0.2, -0.15) is 5.10 Å². The van der Waals surface area contributed by atoms with E-state index in [4.69, 9.17) is 0 Å². The van der Waals surface area contributed by atoms with Gasteiger partial charge in [0.05, 0.1) is 11.7 Å². The average molecular weight is 313 g/mol. The van der Waals surface area contributed by atoms with E-state index in [1.165, 1.54) is 19.2 Å². The summed E-state index contributed by atoms with van der Waals surface area (Å²) in [5.41, 5.74) is 1.97. The van der Waals surface area contributed by atoms with Crippen LogP contribution in [-0.4, -0.2) is 45.2 Å². The number of carbonyl (C=O) groups excluding carboxylic acids is 1. The SMILES string of the molecule is CN1CCCCC[C@@H]1C(=O)NCc1ccccc1-n1cncn1. The van der Waals surface area contributed by atoms with Crippen LogP contribution in [0.2, 0.25) is 0 Å². The maximum absolute atomic E-state index is 12.5. The van der Waals surface area contributed by atoms with Crippen LogP contribution in [0, 0.1) is 0 Å². The van der Waals surface area contributed by atoms with Gasteiger partial charge < -0.3 is 5.32 Å². The number of nitrogens with zero attached hydrogens (tertiary/aromatic N) is 4. The monoisotopic (exact) mass is 313 g/mol. The van der Waals surface area contributed by atoms with Gasteiger partial charge in [0, 0.05) is 6.54 Å². The number of benzene rings is 1. The molecule has 0 radical (unpaired) electrons. The normalized spacial score (nSPS) is 19.3. The van der Waals surface area contributed by atoms with Crippen LogP contribution < -0.4 is 5.32 Å². The summed E-state index contributed by atoms with van der Waals surface area (Å²) in [7, 11) is 2.04. The Kier molecular flexibility index (Phi) is 5.02. The van der Waals surface area contributed by atoms with Crippen molar-refractivity contribution in [2.75, 3.05) is 13.6 Å². The van der Waals surface area contributed by atoms with Crippen molar-refractivity contribution in [1.29, 1.82) is 0 Å². The molecule has 1 aliphatic heterocycles. The van der Waals surface area contributed by atoms with Crippen LogP contribution in [-0.2, 0) is 11.3 Å². The Bertz CT molecular complexity index is 640. The number of amides is 1. The number of likely N-dealkylation sites (N-methyl/N-ethyl adjacent to an activating group) is 1. The van der Waals surface area contributed by atoms with E-state index in [-0.39, 0.29) is 11.9 Å². The molecule has 122 valence electrons. The second-order valence-electron chi connectivity index (χ2n) is 6.03. The average Bonchev–Trinajstić information content (AvgIpc) is 3.02. The zero-order valence-electron chi connectivity index (χ0n) is 13.5. The second-order valence-corrected chi connectivity index (χ2v) is 6.03. The number of aromatic nitrogens is 3. The van der Waals surface area contributed by atoms with Gasteiger partial charge in [-0.15, -0.1) is 0 Å². The lowest BCUT2D eigenvalue weighted by atomic mass is 10.1. The third-order valence-electron chi connectivity index (χ3n) is 4.43. The summed E-state index contributed by atoms with van der Waals surface area (Å²) in [6.45, 7) is 1.49. The Morgan fingerprint density at radius 2 is 2.17 bits per heavy atom. The highest BCUT2D eigenvalue weighted by Gasteiger charge is 2.24. The Morgan fingerprint density at radius 3 is 3.00 bits per heavy atom. The van der Waals surface area contributed by atoms with Gasteiger partial charge in [-0.1, -0.05) is 31.0 Å². The van der Waals surface area contributed by atoms with Crippen LogP contribution in [0.3, 0.4) is 0 Å². The first-order chi connectivity index (χ1) is 11.3. The Labute approximate surface area is 136 Å². The van der Waals surface area contributed by atoms with Crippen LogP contribution in [0.1, 0.15) is 31.2 Å². The van der Waals surface area contributed by atoms with Crippen LogP contribution in [0.25, 0.3) is 5.69 Å². The zero-order valence-corrected chi connectivity index (χ0v) is 13.5. The molecule has 1 atom stereocenters. The van der Waals surface area contributed by atoms with Crippen molar-refractivity contribution in [3.8, 4) is 5.69 Å². The van der Waals surface area contributed by atoms with Crippen LogP contribution in [0.15, 0.2) is 36.9 Å². The lowest BCUT2D eigenvalue weighted by Gasteiger charge is -2.24. The smallest absolute Gasteiger partial charge is 0.237 e. The number of rotatable bonds is 4. The molecule has 23 heavy (non-hydrogen) atoms. The predicted molar refractivity (Wildman–Crippen MR) is 88.1 cm³/mol. The highest BCUT2D eigenvalue weighted by Crippen LogP contribution is 2.16.